The highest BCUT2D eigenvalue weighted by Crippen LogP contribution is 2.14. The SMILES string of the molecule is CC1CN(C(=O)c2ccc(S(=O)(=O)NCCC#N)cc2)CCO1. The number of benzene rings is 1. The van der Waals surface area contributed by atoms with Crippen LogP contribution in [0.15, 0.2) is 29.2 Å². The van der Waals surface area contributed by atoms with E-state index in [0.29, 0.717) is 25.3 Å². The third-order valence-corrected chi connectivity index (χ3v) is 4.95. The van der Waals surface area contributed by atoms with Gasteiger partial charge in [-0.25, -0.2) is 13.1 Å². The summed E-state index contributed by atoms with van der Waals surface area (Å²) >= 11 is 0. The van der Waals surface area contributed by atoms with Gasteiger partial charge in [0.25, 0.3) is 5.91 Å². The highest BCUT2D eigenvalue weighted by Gasteiger charge is 2.23. The fourth-order valence-corrected chi connectivity index (χ4v) is 3.32. The second-order valence-electron chi connectivity index (χ2n) is 5.26. The van der Waals surface area contributed by atoms with Crippen LogP contribution >= 0.6 is 0 Å². The number of nitrogens with one attached hydrogen (secondary N) is 1. The molecule has 23 heavy (non-hydrogen) atoms. The van der Waals surface area contributed by atoms with E-state index in [9.17, 15) is 13.2 Å². The molecule has 0 bridgehead atoms. The van der Waals surface area contributed by atoms with E-state index in [4.69, 9.17) is 10.00 Å². The Balaban J connectivity index is 2.07. The average molecular weight is 337 g/mol. The number of amides is 1. The minimum absolute atomic E-state index is 0.00307. The van der Waals surface area contributed by atoms with Crippen molar-refractivity contribution in [1.29, 1.82) is 5.26 Å². The van der Waals surface area contributed by atoms with E-state index in [2.05, 4.69) is 4.72 Å². The van der Waals surface area contributed by atoms with Crippen LogP contribution in [0, 0.1) is 11.3 Å². The lowest BCUT2D eigenvalue weighted by Crippen LogP contribution is -2.44. The standard InChI is InChI=1S/C15H19N3O4S/c1-12-11-18(9-10-22-12)15(19)13-3-5-14(6-4-13)23(20,21)17-8-2-7-16/h3-6,12,17H,2,8-11H2,1H3. The van der Waals surface area contributed by atoms with Crippen molar-refractivity contribution in [2.45, 2.75) is 24.3 Å². The van der Waals surface area contributed by atoms with Gasteiger partial charge in [-0.2, -0.15) is 5.26 Å². The second-order valence-corrected chi connectivity index (χ2v) is 7.03. The summed E-state index contributed by atoms with van der Waals surface area (Å²) in [7, 11) is -3.65. The number of ether oxygens (including phenoxy) is 1. The van der Waals surface area contributed by atoms with Crippen LogP contribution in [0.1, 0.15) is 23.7 Å². The summed E-state index contributed by atoms with van der Waals surface area (Å²) in [5.74, 6) is -0.137. The summed E-state index contributed by atoms with van der Waals surface area (Å²) in [6, 6.07) is 7.66. The summed E-state index contributed by atoms with van der Waals surface area (Å²) in [6.45, 7) is 3.52. The smallest absolute Gasteiger partial charge is 0.254 e. The molecule has 124 valence electrons. The number of carbonyl (C=O) groups excluding carboxylic acids is 1. The summed E-state index contributed by atoms with van der Waals surface area (Å²) in [6.07, 6.45) is 0.0991. The maximum atomic E-state index is 12.4. The van der Waals surface area contributed by atoms with Crippen LogP contribution < -0.4 is 4.72 Å². The number of nitrogens with zero attached hydrogens (tertiary/aromatic N) is 2. The molecule has 1 atom stereocenters. The summed E-state index contributed by atoms with van der Waals surface area (Å²) in [4.78, 5) is 14.2. The van der Waals surface area contributed by atoms with Crippen molar-refractivity contribution in [2.75, 3.05) is 26.2 Å². The summed E-state index contributed by atoms with van der Waals surface area (Å²) in [5.41, 5.74) is 0.440. The van der Waals surface area contributed by atoms with E-state index in [0.717, 1.165) is 0 Å². The highest BCUT2D eigenvalue weighted by atomic mass is 32.2. The number of morpholine rings is 1. The van der Waals surface area contributed by atoms with Gasteiger partial charge in [0.05, 0.1) is 23.7 Å². The molecule has 1 N–H and O–H groups in total. The molecule has 1 unspecified atom stereocenters. The predicted molar refractivity (Wildman–Crippen MR) is 83.2 cm³/mol. The van der Waals surface area contributed by atoms with Crippen molar-refractivity contribution < 1.29 is 17.9 Å². The Kier molecular flexibility index (Phi) is 5.71. The van der Waals surface area contributed by atoms with Crippen molar-refractivity contribution in [2.24, 2.45) is 0 Å². The molecule has 2 rings (SSSR count). The molecule has 1 aromatic carbocycles. The number of rotatable bonds is 5. The van der Waals surface area contributed by atoms with Crippen LogP contribution in [-0.2, 0) is 14.8 Å². The Morgan fingerprint density at radius 2 is 2.13 bits per heavy atom. The number of carbonyl (C=O) groups is 1. The fraction of sp³-hybridized carbons (Fsp3) is 0.467. The normalized spacial score (nSPS) is 18.4. The number of sulfonamides is 1. The third-order valence-electron chi connectivity index (χ3n) is 3.47. The molecule has 1 aromatic rings. The molecule has 1 amide bonds. The molecule has 0 radical (unpaired) electrons. The molecule has 1 heterocycles. The molecular formula is C15H19N3O4S. The number of hydrogen-bond donors (Lipinski definition) is 1. The Labute approximate surface area is 135 Å². The first-order chi connectivity index (χ1) is 10.9. The molecule has 0 saturated carbocycles. The van der Waals surface area contributed by atoms with Crippen molar-refractivity contribution in [3.63, 3.8) is 0 Å². The van der Waals surface area contributed by atoms with Gasteiger partial charge in [0, 0.05) is 31.6 Å². The van der Waals surface area contributed by atoms with Crippen LogP contribution in [0.5, 0.6) is 0 Å². The molecular weight excluding hydrogens is 318 g/mol. The van der Waals surface area contributed by atoms with Gasteiger partial charge in [-0.1, -0.05) is 0 Å². The van der Waals surface area contributed by atoms with E-state index in [1.54, 1.807) is 4.90 Å². The largest absolute Gasteiger partial charge is 0.375 e. The molecule has 1 aliphatic heterocycles. The van der Waals surface area contributed by atoms with Gasteiger partial charge in [-0.3, -0.25) is 4.79 Å². The molecule has 8 heteroatoms. The zero-order chi connectivity index (χ0) is 16.9. The van der Waals surface area contributed by atoms with Gasteiger partial charge in [-0.15, -0.1) is 0 Å². The zero-order valence-corrected chi connectivity index (χ0v) is 13.7. The lowest BCUT2D eigenvalue weighted by atomic mass is 10.2. The Morgan fingerprint density at radius 1 is 1.43 bits per heavy atom. The topological polar surface area (TPSA) is 99.5 Å². The summed E-state index contributed by atoms with van der Waals surface area (Å²) < 4.78 is 31.7. The lowest BCUT2D eigenvalue weighted by Gasteiger charge is -2.31. The van der Waals surface area contributed by atoms with Crippen LogP contribution in [0.4, 0.5) is 0 Å². The monoisotopic (exact) mass is 337 g/mol. The van der Waals surface area contributed by atoms with Crippen molar-refractivity contribution in [3.05, 3.63) is 29.8 Å². The minimum atomic E-state index is -3.65. The maximum absolute atomic E-state index is 12.4. The van der Waals surface area contributed by atoms with Crippen LogP contribution in [0.25, 0.3) is 0 Å². The number of nitriles is 1. The van der Waals surface area contributed by atoms with E-state index < -0.39 is 10.0 Å². The summed E-state index contributed by atoms with van der Waals surface area (Å²) in [5, 5.41) is 8.44. The first-order valence-electron chi connectivity index (χ1n) is 7.31. The lowest BCUT2D eigenvalue weighted by molar-refractivity contribution is -0.0124. The molecule has 1 fully saturated rings. The fourth-order valence-electron chi connectivity index (χ4n) is 2.29. The van der Waals surface area contributed by atoms with Crippen LogP contribution in [0.3, 0.4) is 0 Å². The molecule has 1 saturated heterocycles. The molecule has 0 spiro atoms. The van der Waals surface area contributed by atoms with E-state index in [1.807, 2.05) is 13.0 Å². The highest BCUT2D eigenvalue weighted by molar-refractivity contribution is 7.89. The first kappa shape index (κ1) is 17.4. The predicted octanol–water partition coefficient (Wildman–Crippen LogP) is 0.739. The average Bonchev–Trinajstić information content (AvgIpc) is 2.54. The van der Waals surface area contributed by atoms with Gasteiger partial charge < -0.3 is 9.64 Å². The maximum Gasteiger partial charge on any atom is 0.254 e. The van der Waals surface area contributed by atoms with Gasteiger partial charge in [0.2, 0.25) is 10.0 Å². The first-order valence-corrected chi connectivity index (χ1v) is 8.80. The van der Waals surface area contributed by atoms with Crippen molar-refractivity contribution >= 4 is 15.9 Å². The quantitative estimate of drug-likeness (QED) is 0.799. The Hall–Kier alpha value is -1.95. The number of hydrogen-bond acceptors (Lipinski definition) is 5. The van der Waals surface area contributed by atoms with Gasteiger partial charge in [0.1, 0.15) is 0 Å². The van der Waals surface area contributed by atoms with Gasteiger partial charge >= 0.3 is 0 Å². The van der Waals surface area contributed by atoms with Crippen molar-refractivity contribution in [3.8, 4) is 6.07 Å². The van der Waals surface area contributed by atoms with Gasteiger partial charge in [-0.05, 0) is 31.2 Å². The second kappa shape index (κ2) is 7.55. The van der Waals surface area contributed by atoms with E-state index in [-0.39, 0.29) is 29.9 Å². The molecule has 0 aromatic heterocycles. The minimum Gasteiger partial charge on any atom is -0.375 e. The van der Waals surface area contributed by atoms with Crippen molar-refractivity contribution in [1.82, 2.24) is 9.62 Å². The van der Waals surface area contributed by atoms with Crippen LogP contribution in [0.2, 0.25) is 0 Å². The zero-order valence-electron chi connectivity index (χ0n) is 12.9. The third kappa shape index (κ3) is 4.51. The van der Waals surface area contributed by atoms with Gasteiger partial charge in [0.15, 0.2) is 0 Å². The molecule has 0 aliphatic carbocycles. The van der Waals surface area contributed by atoms with E-state index >= 15 is 0 Å². The molecule has 1 aliphatic rings. The Morgan fingerprint density at radius 3 is 2.74 bits per heavy atom. The molecule has 7 nitrogen and oxygen atoms in total. The van der Waals surface area contributed by atoms with E-state index in [1.165, 1.54) is 24.3 Å². The van der Waals surface area contributed by atoms with Crippen LogP contribution in [-0.4, -0.2) is 51.6 Å². The Bertz CT molecular complexity index is 694.